The van der Waals surface area contributed by atoms with Crippen LogP contribution in [0.5, 0.6) is 17.2 Å². The Bertz CT molecular complexity index is 482. The summed E-state index contributed by atoms with van der Waals surface area (Å²) in [7, 11) is 0. The third kappa shape index (κ3) is 4.55. The molecule has 0 fully saturated rings. The molecule has 1 aromatic rings. The van der Waals surface area contributed by atoms with Gasteiger partial charge in [-0.15, -0.1) is 0 Å². The summed E-state index contributed by atoms with van der Waals surface area (Å²) in [6.45, 7) is 6.54. The second-order valence-electron chi connectivity index (χ2n) is 4.82. The summed E-state index contributed by atoms with van der Waals surface area (Å²) >= 11 is 0. The molecular formula is C16H24O5. The van der Waals surface area contributed by atoms with E-state index in [9.17, 15) is 9.90 Å². The minimum Gasteiger partial charge on any atom is -0.502 e. The molecule has 0 aromatic heterocycles. The molecule has 1 rings (SSSR count). The van der Waals surface area contributed by atoms with Gasteiger partial charge in [0.2, 0.25) is 5.75 Å². The van der Waals surface area contributed by atoms with Crippen LogP contribution >= 0.6 is 0 Å². The SMILES string of the molecule is CCCCCOc1c(O)c(OC(=O)O)cc(CC)c1CC. The fourth-order valence-electron chi connectivity index (χ4n) is 2.27. The molecule has 2 N–H and O–H groups in total. The van der Waals surface area contributed by atoms with Gasteiger partial charge in [0.25, 0.3) is 0 Å². The van der Waals surface area contributed by atoms with E-state index in [0.29, 0.717) is 25.2 Å². The maximum absolute atomic E-state index is 10.7. The number of carbonyl (C=O) groups is 1. The summed E-state index contributed by atoms with van der Waals surface area (Å²) in [5.41, 5.74) is 1.83. The molecule has 0 saturated heterocycles. The van der Waals surface area contributed by atoms with Crippen LogP contribution in [0.4, 0.5) is 4.79 Å². The van der Waals surface area contributed by atoms with Crippen molar-refractivity contribution in [3.63, 3.8) is 0 Å². The minimum absolute atomic E-state index is 0.0676. The van der Waals surface area contributed by atoms with Gasteiger partial charge >= 0.3 is 6.16 Å². The lowest BCUT2D eigenvalue weighted by molar-refractivity contribution is 0.142. The number of phenolic OH excluding ortho intramolecular Hbond substituents is 1. The number of ether oxygens (including phenoxy) is 2. The van der Waals surface area contributed by atoms with Crippen LogP contribution in [0.15, 0.2) is 6.07 Å². The molecule has 0 aliphatic heterocycles. The number of aryl methyl sites for hydroxylation is 1. The van der Waals surface area contributed by atoms with E-state index in [1.807, 2.05) is 13.8 Å². The van der Waals surface area contributed by atoms with Gasteiger partial charge in [-0.05, 0) is 30.9 Å². The summed E-state index contributed by atoms with van der Waals surface area (Å²) in [6.07, 6.45) is 2.99. The Hall–Kier alpha value is -1.91. The van der Waals surface area contributed by atoms with E-state index in [4.69, 9.17) is 9.84 Å². The zero-order valence-electron chi connectivity index (χ0n) is 12.9. The van der Waals surface area contributed by atoms with Crippen molar-refractivity contribution in [2.45, 2.75) is 52.9 Å². The number of hydrogen-bond acceptors (Lipinski definition) is 4. The lowest BCUT2D eigenvalue weighted by Gasteiger charge is -2.17. The van der Waals surface area contributed by atoms with Crippen molar-refractivity contribution < 1.29 is 24.5 Å². The van der Waals surface area contributed by atoms with Crippen LogP contribution in [0.3, 0.4) is 0 Å². The number of phenols is 1. The van der Waals surface area contributed by atoms with Crippen molar-refractivity contribution in [3.8, 4) is 17.2 Å². The smallest absolute Gasteiger partial charge is 0.502 e. The molecule has 0 saturated carbocycles. The minimum atomic E-state index is -1.45. The molecule has 21 heavy (non-hydrogen) atoms. The summed E-state index contributed by atoms with van der Waals surface area (Å²) < 4.78 is 10.3. The first-order chi connectivity index (χ1) is 10.0. The Kier molecular flexibility index (Phi) is 6.85. The Balaban J connectivity index is 3.12. The number of rotatable bonds is 8. The summed E-state index contributed by atoms with van der Waals surface area (Å²) in [6, 6.07) is 1.57. The highest BCUT2D eigenvalue weighted by atomic mass is 16.7. The van der Waals surface area contributed by atoms with Crippen LogP contribution in [0.2, 0.25) is 0 Å². The van der Waals surface area contributed by atoms with Gasteiger partial charge in [-0.25, -0.2) is 4.79 Å². The third-order valence-corrected chi connectivity index (χ3v) is 3.34. The van der Waals surface area contributed by atoms with Gasteiger partial charge in [-0.2, -0.15) is 0 Å². The molecule has 0 atom stereocenters. The quantitative estimate of drug-likeness (QED) is 0.428. The molecule has 0 radical (unpaired) electrons. The number of carboxylic acid groups (broad SMARTS) is 1. The van der Waals surface area contributed by atoms with Gasteiger partial charge in [0.05, 0.1) is 6.61 Å². The van der Waals surface area contributed by atoms with Crippen LogP contribution in [0.1, 0.15) is 51.2 Å². The second kappa shape index (κ2) is 8.39. The first-order valence-electron chi connectivity index (χ1n) is 7.46. The van der Waals surface area contributed by atoms with Crippen molar-refractivity contribution in [3.05, 3.63) is 17.2 Å². The highest BCUT2D eigenvalue weighted by Crippen LogP contribution is 2.42. The van der Waals surface area contributed by atoms with Crippen LogP contribution in [0.25, 0.3) is 0 Å². The normalized spacial score (nSPS) is 10.4. The molecule has 0 amide bonds. The molecule has 0 spiro atoms. The van der Waals surface area contributed by atoms with E-state index in [1.165, 1.54) is 0 Å². The molecule has 0 aliphatic carbocycles. The van der Waals surface area contributed by atoms with Crippen molar-refractivity contribution >= 4 is 6.16 Å². The monoisotopic (exact) mass is 296 g/mol. The van der Waals surface area contributed by atoms with Crippen LogP contribution in [-0.2, 0) is 12.8 Å². The van der Waals surface area contributed by atoms with Gasteiger partial charge in [0.15, 0.2) is 11.5 Å². The first kappa shape index (κ1) is 17.1. The predicted octanol–water partition coefficient (Wildman–Crippen LogP) is 4.14. The lowest BCUT2D eigenvalue weighted by Crippen LogP contribution is -2.07. The van der Waals surface area contributed by atoms with Crippen molar-refractivity contribution in [2.24, 2.45) is 0 Å². The standard InChI is InChI=1S/C16H24O5/c1-4-7-8-9-20-15-12(6-3)11(5-2)10-13(14(15)17)21-16(18)19/h10,17H,4-9H2,1-3H3,(H,18,19). The second-order valence-corrected chi connectivity index (χ2v) is 4.82. The van der Waals surface area contributed by atoms with Gasteiger partial charge in [-0.3, -0.25) is 0 Å². The topological polar surface area (TPSA) is 76.0 Å². The maximum Gasteiger partial charge on any atom is 0.511 e. The average Bonchev–Trinajstić information content (AvgIpc) is 2.46. The number of benzene rings is 1. The van der Waals surface area contributed by atoms with E-state index in [-0.39, 0.29) is 11.5 Å². The molecule has 118 valence electrons. The first-order valence-corrected chi connectivity index (χ1v) is 7.46. The summed E-state index contributed by atoms with van der Waals surface area (Å²) in [5, 5.41) is 19.0. The number of hydrogen-bond donors (Lipinski definition) is 2. The van der Waals surface area contributed by atoms with Gasteiger partial charge in [0, 0.05) is 5.56 Å². The fourth-order valence-corrected chi connectivity index (χ4v) is 2.27. The summed E-state index contributed by atoms with van der Waals surface area (Å²) in [4.78, 5) is 10.7. The Morgan fingerprint density at radius 3 is 2.43 bits per heavy atom. The zero-order chi connectivity index (χ0) is 15.8. The average molecular weight is 296 g/mol. The molecule has 5 heteroatoms. The van der Waals surface area contributed by atoms with Crippen molar-refractivity contribution in [1.29, 1.82) is 0 Å². The molecular weight excluding hydrogens is 272 g/mol. The molecule has 5 nitrogen and oxygen atoms in total. The predicted molar refractivity (Wildman–Crippen MR) is 80.5 cm³/mol. The van der Waals surface area contributed by atoms with E-state index < -0.39 is 6.16 Å². The van der Waals surface area contributed by atoms with Gasteiger partial charge in [-0.1, -0.05) is 33.6 Å². The molecule has 0 unspecified atom stereocenters. The van der Waals surface area contributed by atoms with Gasteiger partial charge in [0.1, 0.15) is 0 Å². The lowest BCUT2D eigenvalue weighted by atomic mass is 10.0. The molecule has 0 bridgehead atoms. The maximum atomic E-state index is 10.7. The van der Waals surface area contributed by atoms with Gasteiger partial charge < -0.3 is 19.7 Å². The number of aromatic hydroxyl groups is 1. The van der Waals surface area contributed by atoms with E-state index in [2.05, 4.69) is 11.7 Å². The Labute approximate surface area is 125 Å². The van der Waals surface area contributed by atoms with Crippen LogP contribution in [-0.4, -0.2) is 23.0 Å². The van der Waals surface area contributed by atoms with E-state index in [0.717, 1.165) is 30.4 Å². The molecule has 0 heterocycles. The summed E-state index contributed by atoms with van der Waals surface area (Å²) in [5.74, 6) is 0.0502. The number of unbranched alkanes of at least 4 members (excludes halogenated alkanes) is 2. The Morgan fingerprint density at radius 2 is 1.90 bits per heavy atom. The highest BCUT2D eigenvalue weighted by molar-refractivity contribution is 5.66. The van der Waals surface area contributed by atoms with Crippen LogP contribution < -0.4 is 9.47 Å². The van der Waals surface area contributed by atoms with Crippen molar-refractivity contribution in [2.75, 3.05) is 6.61 Å². The Morgan fingerprint density at radius 1 is 1.19 bits per heavy atom. The van der Waals surface area contributed by atoms with E-state index in [1.54, 1.807) is 6.07 Å². The zero-order valence-corrected chi connectivity index (χ0v) is 12.9. The molecule has 1 aromatic carbocycles. The van der Waals surface area contributed by atoms with Crippen LogP contribution in [0, 0.1) is 0 Å². The third-order valence-electron chi connectivity index (χ3n) is 3.34. The fraction of sp³-hybridized carbons (Fsp3) is 0.562. The van der Waals surface area contributed by atoms with Crippen molar-refractivity contribution in [1.82, 2.24) is 0 Å². The molecule has 0 aliphatic rings. The highest BCUT2D eigenvalue weighted by Gasteiger charge is 2.20. The largest absolute Gasteiger partial charge is 0.511 e. The van der Waals surface area contributed by atoms with E-state index >= 15 is 0 Å².